The van der Waals surface area contributed by atoms with Crippen LogP contribution >= 0.6 is 11.3 Å². The minimum atomic E-state index is -0.594. The second-order valence-electron chi connectivity index (χ2n) is 8.56. The lowest BCUT2D eigenvalue weighted by atomic mass is 9.99. The van der Waals surface area contributed by atoms with Crippen molar-refractivity contribution in [2.45, 2.75) is 0 Å². The van der Waals surface area contributed by atoms with Crippen LogP contribution in [0.2, 0.25) is 0 Å². The van der Waals surface area contributed by atoms with Crippen LogP contribution in [-0.2, 0) is 0 Å². The molecule has 6 aromatic rings. The van der Waals surface area contributed by atoms with Gasteiger partial charge < -0.3 is 25.1 Å². The third kappa shape index (κ3) is 4.69. The molecule has 6 rings (SSSR count). The summed E-state index contributed by atoms with van der Waals surface area (Å²) in [5.74, 6) is -0.248. The average molecular weight is 538 g/mol. The standard InChI is InChI=1S/C29H20FN5O3S/c1-37-21-12-10-17(11-13-21)23-15-22(18-6-5-7-19(30)14-18)25-26(31)27(39-29(25)32-23)28(36)33-24-16-35(34-38-24)20-8-3-2-4-9-20/h2-16H,1H3,(H2-,31,33,34,36). The number of nitrogens with zero attached hydrogens (tertiary/aromatic N) is 4. The van der Waals surface area contributed by atoms with E-state index in [-0.39, 0.29) is 22.3 Å². The topological polar surface area (TPSA) is 109 Å². The van der Waals surface area contributed by atoms with Gasteiger partial charge in [-0.15, -0.1) is 11.3 Å². The number of anilines is 1. The number of thiophene rings is 1. The molecule has 0 fully saturated rings. The summed E-state index contributed by atoms with van der Waals surface area (Å²) >= 11 is 1.12. The van der Waals surface area contributed by atoms with Crippen molar-refractivity contribution >= 4 is 39.0 Å². The van der Waals surface area contributed by atoms with Crippen LogP contribution in [0.4, 0.5) is 16.0 Å². The number of amides is 1. The summed E-state index contributed by atoms with van der Waals surface area (Å²) in [7, 11) is 1.60. The van der Waals surface area contributed by atoms with Crippen molar-refractivity contribution in [3.05, 3.63) is 107 Å². The number of ether oxygens (including phenoxy) is 1. The molecule has 8 nitrogen and oxygen atoms in total. The Morgan fingerprint density at radius 3 is 2.56 bits per heavy atom. The van der Waals surface area contributed by atoms with Crippen molar-refractivity contribution in [1.29, 1.82) is 0 Å². The quantitative estimate of drug-likeness (QED) is 0.244. The second kappa shape index (κ2) is 9.99. The van der Waals surface area contributed by atoms with Crippen LogP contribution in [0, 0.1) is 5.82 Å². The largest absolute Gasteiger partial charge is 0.583 e. The number of carbonyl (C=O) groups excluding carboxylic acids is 1. The van der Waals surface area contributed by atoms with Gasteiger partial charge in [0.1, 0.15) is 28.2 Å². The van der Waals surface area contributed by atoms with Crippen LogP contribution in [0.15, 0.2) is 95.6 Å². The Morgan fingerprint density at radius 1 is 1.03 bits per heavy atom. The van der Waals surface area contributed by atoms with E-state index in [1.54, 1.807) is 19.2 Å². The number of fused-ring (bicyclic) bond motifs is 1. The van der Waals surface area contributed by atoms with E-state index in [0.29, 0.717) is 32.8 Å². The first-order valence-electron chi connectivity index (χ1n) is 11.8. The van der Waals surface area contributed by atoms with Gasteiger partial charge in [-0.2, -0.15) is 0 Å². The van der Waals surface area contributed by atoms with Gasteiger partial charge in [-0.25, -0.2) is 9.37 Å². The number of nitrogen functional groups attached to an aromatic ring is 1. The first-order valence-corrected chi connectivity index (χ1v) is 12.7. The van der Waals surface area contributed by atoms with E-state index in [4.69, 9.17) is 20.0 Å². The van der Waals surface area contributed by atoms with Crippen molar-refractivity contribution in [2.24, 2.45) is 0 Å². The molecule has 192 valence electrons. The molecule has 0 unspecified atom stereocenters. The van der Waals surface area contributed by atoms with Gasteiger partial charge in [0.15, 0.2) is 0 Å². The number of carbonyl (C=O) groups is 1. The van der Waals surface area contributed by atoms with Crippen LogP contribution in [0.5, 0.6) is 5.75 Å². The summed E-state index contributed by atoms with van der Waals surface area (Å²) in [5, 5.41) is 8.57. The molecule has 0 saturated carbocycles. The van der Waals surface area contributed by atoms with Crippen molar-refractivity contribution < 1.29 is 23.1 Å². The van der Waals surface area contributed by atoms with Crippen molar-refractivity contribution in [3.63, 3.8) is 0 Å². The highest BCUT2D eigenvalue weighted by molar-refractivity contribution is 7.21. The Morgan fingerprint density at radius 2 is 1.82 bits per heavy atom. The van der Waals surface area contributed by atoms with E-state index in [1.807, 2.05) is 60.7 Å². The van der Waals surface area contributed by atoms with Gasteiger partial charge in [0.05, 0.1) is 23.4 Å². The summed E-state index contributed by atoms with van der Waals surface area (Å²) in [6.07, 6.45) is 1.51. The van der Waals surface area contributed by atoms with Crippen molar-refractivity contribution in [1.82, 2.24) is 10.3 Å². The van der Waals surface area contributed by atoms with Crippen molar-refractivity contribution in [2.75, 3.05) is 12.8 Å². The average Bonchev–Trinajstić information content (AvgIpc) is 3.57. The molecule has 0 atom stereocenters. The molecule has 39 heavy (non-hydrogen) atoms. The van der Waals surface area contributed by atoms with Gasteiger partial charge in [0, 0.05) is 23.1 Å². The van der Waals surface area contributed by atoms with E-state index in [0.717, 1.165) is 22.6 Å². The molecule has 0 bridgehead atoms. The zero-order chi connectivity index (χ0) is 26.9. The highest BCUT2D eigenvalue weighted by Crippen LogP contribution is 2.42. The summed E-state index contributed by atoms with van der Waals surface area (Å²) in [4.78, 5) is 18.8. The molecule has 0 aliphatic rings. The summed E-state index contributed by atoms with van der Waals surface area (Å²) < 4.78 is 26.2. The number of hydrogen-bond acceptors (Lipinski definition) is 7. The molecule has 0 aliphatic heterocycles. The summed E-state index contributed by atoms with van der Waals surface area (Å²) in [5.41, 5.74) is 10.2. The Hall–Kier alpha value is -5.09. The van der Waals surface area contributed by atoms with Crippen molar-refractivity contribution in [3.8, 4) is 33.8 Å². The van der Waals surface area contributed by atoms with Crippen LogP contribution < -0.4 is 15.2 Å². The normalized spacial score (nSPS) is 11.0. The number of nitrogens with two attached hydrogens (primary N) is 1. The number of aromatic nitrogens is 3. The third-order valence-electron chi connectivity index (χ3n) is 6.10. The Balaban J connectivity index is 1.42. The SMILES string of the molecule is COc1ccc(-c2cc(-c3cccc(F)c3)c3c(N)c(C(=O)[N-]c4c[n+](-c5ccccc5)no4)sc3n2)cc1. The van der Waals surface area contributed by atoms with Crippen LogP contribution in [0.1, 0.15) is 9.67 Å². The molecule has 3 aromatic heterocycles. The minimum Gasteiger partial charge on any atom is -0.583 e. The Bertz CT molecular complexity index is 1820. The van der Waals surface area contributed by atoms with E-state index in [9.17, 15) is 9.18 Å². The van der Waals surface area contributed by atoms with Gasteiger partial charge >= 0.3 is 0 Å². The molecular weight excluding hydrogens is 517 g/mol. The molecule has 2 N–H and O–H groups in total. The second-order valence-corrected chi connectivity index (χ2v) is 9.56. The fourth-order valence-electron chi connectivity index (χ4n) is 4.21. The summed E-state index contributed by atoms with van der Waals surface area (Å²) in [6.45, 7) is 0. The molecule has 0 radical (unpaired) electrons. The van der Waals surface area contributed by atoms with Gasteiger partial charge in [-0.05, 0) is 58.3 Å². The fraction of sp³-hybridized carbons (Fsp3) is 0.0345. The highest BCUT2D eigenvalue weighted by atomic mass is 32.1. The number of benzene rings is 3. The molecule has 3 heterocycles. The molecule has 3 aromatic carbocycles. The number of para-hydroxylation sites is 1. The molecule has 0 spiro atoms. The highest BCUT2D eigenvalue weighted by Gasteiger charge is 2.20. The molecular formula is C29H20FN5O3S. The number of rotatable bonds is 6. The van der Waals surface area contributed by atoms with Gasteiger partial charge in [-0.1, -0.05) is 30.3 Å². The maximum absolute atomic E-state index is 14.2. The lowest BCUT2D eigenvalue weighted by Gasteiger charge is -2.12. The molecule has 1 amide bonds. The maximum atomic E-state index is 14.2. The molecule has 0 aliphatic carbocycles. The Kier molecular flexibility index (Phi) is 6.22. The third-order valence-corrected chi connectivity index (χ3v) is 7.19. The number of hydrogen-bond donors (Lipinski definition) is 1. The lowest BCUT2D eigenvalue weighted by Crippen LogP contribution is -2.30. The number of methoxy groups -OCH3 is 1. The zero-order valence-electron chi connectivity index (χ0n) is 20.5. The van der Waals surface area contributed by atoms with Gasteiger partial charge in [0.2, 0.25) is 17.2 Å². The molecule has 10 heteroatoms. The fourth-order valence-corrected chi connectivity index (χ4v) is 5.22. The monoisotopic (exact) mass is 537 g/mol. The predicted molar refractivity (Wildman–Crippen MR) is 147 cm³/mol. The van der Waals surface area contributed by atoms with Crippen LogP contribution in [-0.4, -0.2) is 23.3 Å². The van der Waals surface area contributed by atoms with E-state index in [1.165, 1.54) is 23.0 Å². The lowest BCUT2D eigenvalue weighted by molar-refractivity contribution is -0.670. The van der Waals surface area contributed by atoms with Gasteiger partial charge in [0.25, 0.3) is 0 Å². The van der Waals surface area contributed by atoms with E-state index in [2.05, 4.69) is 10.6 Å². The number of halogens is 1. The van der Waals surface area contributed by atoms with E-state index >= 15 is 0 Å². The molecule has 0 saturated heterocycles. The van der Waals surface area contributed by atoms with Gasteiger partial charge in [-0.3, -0.25) is 0 Å². The zero-order valence-corrected chi connectivity index (χ0v) is 21.4. The first-order chi connectivity index (χ1) is 19.0. The minimum absolute atomic E-state index is 0.0259. The summed E-state index contributed by atoms with van der Waals surface area (Å²) in [6, 6.07) is 24.8. The predicted octanol–water partition coefficient (Wildman–Crippen LogP) is 6.47. The number of pyridine rings is 1. The maximum Gasteiger partial charge on any atom is 0.241 e. The van der Waals surface area contributed by atoms with E-state index < -0.39 is 5.91 Å². The smallest absolute Gasteiger partial charge is 0.241 e. The van der Waals surface area contributed by atoms with Crippen LogP contribution in [0.3, 0.4) is 0 Å². The van der Waals surface area contributed by atoms with Crippen LogP contribution in [0.25, 0.3) is 43.6 Å². The Labute approximate surface area is 226 Å². The first kappa shape index (κ1) is 24.3.